The smallest absolute Gasteiger partial charge is 0.226 e. The van der Waals surface area contributed by atoms with Crippen molar-refractivity contribution >= 4 is 11.8 Å². The molecule has 2 aliphatic rings. The molecule has 2 rings (SSSR count). The number of hydrogen-bond donors (Lipinski definition) is 3. The molecule has 5 nitrogen and oxygen atoms in total. The van der Waals surface area contributed by atoms with Gasteiger partial charge in [0.2, 0.25) is 11.8 Å². The Bertz CT molecular complexity index is 364. The lowest BCUT2D eigenvalue weighted by Crippen LogP contribution is -2.51. The lowest BCUT2D eigenvalue weighted by Gasteiger charge is -2.38. The highest BCUT2D eigenvalue weighted by Gasteiger charge is 2.39. The van der Waals surface area contributed by atoms with Gasteiger partial charge in [-0.3, -0.25) is 9.59 Å². The van der Waals surface area contributed by atoms with Crippen LogP contribution in [0.2, 0.25) is 0 Å². The summed E-state index contributed by atoms with van der Waals surface area (Å²) >= 11 is 0. The van der Waals surface area contributed by atoms with Crippen LogP contribution in [0.25, 0.3) is 0 Å². The van der Waals surface area contributed by atoms with E-state index in [4.69, 9.17) is 5.73 Å². The minimum Gasteiger partial charge on any atom is -0.369 e. The van der Waals surface area contributed by atoms with Crippen LogP contribution in [0.3, 0.4) is 0 Å². The van der Waals surface area contributed by atoms with E-state index in [0.29, 0.717) is 0 Å². The first-order valence-corrected chi connectivity index (χ1v) is 8.38. The Hall–Kier alpha value is -1.10. The predicted octanol–water partition coefficient (Wildman–Crippen LogP) is 1.32. The topological polar surface area (TPSA) is 84.2 Å². The number of carbonyl (C=O) groups excluding carboxylic acids is 2. The van der Waals surface area contributed by atoms with E-state index in [-0.39, 0.29) is 29.2 Å². The Balaban J connectivity index is 1.89. The van der Waals surface area contributed by atoms with Crippen molar-refractivity contribution in [2.45, 2.75) is 64.3 Å². The van der Waals surface area contributed by atoms with Crippen LogP contribution in [-0.2, 0) is 9.59 Å². The maximum absolute atomic E-state index is 12.8. The minimum absolute atomic E-state index is 0.00151. The van der Waals surface area contributed by atoms with Gasteiger partial charge in [0, 0.05) is 12.0 Å². The quantitative estimate of drug-likeness (QED) is 0.715. The summed E-state index contributed by atoms with van der Waals surface area (Å²) in [5, 5.41) is 6.60. The second-order valence-electron chi connectivity index (χ2n) is 6.70. The summed E-state index contributed by atoms with van der Waals surface area (Å²) in [5.41, 5.74) is 5.18. The molecule has 1 aliphatic heterocycles. The largest absolute Gasteiger partial charge is 0.369 e. The molecule has 1 saturated carbocycles. The van der Waals surface area contributed by atoms with E-state index in [0.717, 1.165) is 64.5 Å². The molecule has 120 valence electrons. The van der Waals surface area contributed by atoms with Crippen molar-refractivity contribution in [1.82, 2.24) is 10.6 Å². The fourth-order valence-corrected chi connectivity index (χ4v) is 3.84. The molecule has 1 heterocycles. The van der Waals surface area contributed by atoms with Crippen molar-refractivity contribution in [2.75, 3.05) is 13.1 Å². The van der Waals surface area contributed by atoms with Gasteiger partial charge in [0.25, 0.3) is 0 Å². The fraction of sp³-hybridized carbons (Fsp3) is 0.875. The second kappa shape index (κ2) is 7.25. The van der Waals surface area contributed by atoms with Gasteiger partial charge < -0.3 is 16.4 Å². The molecule has 0 radical (unpaired) electrons. The molecule has 0 bridgehead atoms. The number of carbonyl (C=O) groups is 2. The van der Waals surface area contributed by atoms with Crippen molar-refractivity contribution in [2.24, 2.45) is 17.1 Å². The molecular weight excluding hydrogens is 266 g/mol. The summed E-state index contributed by atoms with van der Waals surface area (Å²) in [5.74, 6) is 0.0376. The Labute approximate surface area is 127 Å². The summed E-state index contributed by atoms with van der Waals surface area (Å²) in [6.07, 6.45) is 7.25. The van der Waals surface area contributed by atoms with Gasteiger partial charge >= 0.3 is 0 Å². The van der Waals surface area contributed by atoms with E-state index in [1.807, 2.05) is 0 Å². The molecule has 5 heteroatoms. The zero-order chi connectivity index (χ0) is 15.3. The standard InChI is InChI=1S/C16H29N3O2/c1-2-7-16(8-10-18-11-9-16)15(21)19-13-5-3-12(4-6-13)14(17)20/h12-13,18H,2-11H2,1H3,(H2,17,20)(H,19,21). The summed E-state index contributed by atoms with van der Waals surface area (Å²) < 4.78 is 0. The van der Waals surface area contributed by atoms with Crippen molar-refractivity contribution in [3.8, 4) is 0 Å². The van der Waals surface area contributed by atoms with Crippen molar-refractivity contribution in [3.63, 3.8) is 0 Å². The van der Waals surface area contributed by atoms with E-state index in [1.165, 1.54) is 0 Å². The normalized spacial score (nSPS) is 28.8. The molecule has 0 atom stereocenters. The van der Waals surface area contributed by atoms with Crippen LogP contribution in [0.15, 0.2) is 0 Å². The van der Waals surface area contributed by atoms with Crippen LogP contribution < -0.4 is 16.4 Å². The van der Waals surface area contributed by atoms with Crippen LogP contribution in [0.4, 0.5) is 0 Å². The number of nitrogens with one attached hydrogen (secondary N) is 2. The highest BCUT2D eigenvalue weighted by atomic mass is 16.2. The van der Waals surface area contributed by atoms with E-state index in [2.05, 4.69) is 17.6 Å². The SMILES string of the molecule is CCCC1(C(=O)NC2CCC(C(N)=O)CC2)CCNCC1. The van der Waals surface area contributed by atoms with E-state index < -0.39 is 0 Å². The number of nitrogens with two attached hydrogens (primary N) is 1. The van der Waals surface area contributed by atoms with Crippen LogP contribution in [0, 0.1) is 11.3 Å². The van der Waals surface area contributed by atoms with E-state index >= 15 is 0 Å². The Kier molecular flexibility index (Phi) is 5.62. The van der Waals surface area contributed by atoms with Gasteiger partial charge in [-0.1, -0.05) is 13.3 Å². The molecule has 0 spiro atoms. The second-order valence-corrected chi connectivity index (χ2v) is 6.70. The number of rotatable bonds is 5. The number of amides is 2. The third-order valence-corrected chi connectivity index (χ3v) is 5.24. The minimum atomic E-state index is -0.194. The average molecular weight is 295 g/mol. The lowest BCUT2D eigenvalue weighted by atomic mass is 9.74. The van der Waals surface area contributed by atoms with Crippen LogP contribution in [0.1, 0.15) is 58.3 Å². The van der Waals surface area contributed by atoms with Gasteiger partial charge in [0.05, 0.1) is 5.41 Å². The average Bonchev–Trinajstić information content (AvgIpc) is 2.49. The van der Waals surface area contributed by atoms with E-state index in [9.17, 15) is 9.59 Å². The van der Waals surface area contributed by atoms with Crippen LogP contribution in [0.5, 0.6) is 0 Å². The van der Waals surface area contributed by atoms with Crippen LogP contribution in [-0.4, -0.2) is 30.9 Å². The first kappa shape index (κ1) is 16.3. The number of piperidine rings is 1. The van der Waals surface area contributed by atoms with Gasteiger partial charge in [-0.25, -0.2) is 0 Å². The maximum Gasteiger partial charge on any atom is 0.226 e. The Morgan fingerprint density at radius 1 is 1.19 bits per heavy atom. The first-order chi connectivity index (χ1) is 10.1. The molecule has 0 unspecified atom stereocenters. The molecule has 2 fully saturated rings. The lowest BCUT2D eigenvalue weighted by molar-refractivity contribution is -0.134. The molecular formula is C16H29N3O2. The highest BCUT2D eigenvalue weighted by molar-refractivity contribution is 5.83. The van der Waals surface area contributed by atoms with Gasteiger partial charge in [-0.15, -0.1) is 0 Å². The molecule has 2 amide bonds. The fourth-order valence-electron chi connectivity index (χ4n) is 3.84. The maximum atomic E-state index is 12.8. The summed E-state index contributed by atoms with van der Waals surface area (Å²) in [6.45, 7) is 4.01. The zero-order valence-corrected chi connectivity index (χ0v) is 13.1. The summed E-state index contributed by atoms with van der Waals surface area (Å²) in [4.78, 5) is 24.0. The van der Waals surface area contributed by atoms with Crippen LogP contribution >= 0.6 is 0 Å². The van der Waals surface area contributed by atoms with Gasteiger partial charge in [-0.2, -0.15) is 0 Å². The van der Waals surface area contributed by atoms with Crippen molar-refractivity contribution < 1.29 is 9.59 Å². The Morgan fingerprint density at radius 2 is 1.81 bits per heavy atom. The van der Waals surface area contributed by atoms with Crippen molar-refractivity contribution in [1.29, 1.82) is 0 Å². The van der Waals surface area contributed by atoms with Gasteiger partial charge in [0.15, 0.2) is 0 Å². The molecule has 21 heavy (non-hydrogen) atoms. The number of primary amides is 1. The summed E-state index contributed by atoms with van der Waals surface area (Å²) in [7, 11) is 0. The third-order valence-electron chi connectivity index (χ3n) is 5.24. The highest BCUT2D eigenvalue weighted by Crippen LogP contribution is 2.35. The zero-order valence-electron chi connectivity index (χ0n) is 13.1. The molecule has 1 saturated heterocycles. The Morgan fingerprint density at radius 3 is 2.33 bits per heavy atom. The summed E-state index contributed by atoms with van der Waals surface area (Å²) in [6, 6.07) is 0.219. The predicted molar refractivity (Wildman–Crippen MR) is 82.5 cm³/mol. The molecule has 1 aliphatic carbocycles. The van der Waals surface area contributed by atoms with Gasteiger partial charge in [-0.05, 0) is 58.0 Å². The third kappa shape index (κ3) is 3.96. The molecule has 0 aromatic carbocycles. The molecule has 4 N–H and O–H groups in total. The monoisotopic (exact) mass is 295 g/mol. The molecule has 0 aromatic rings. The van der Waals surface area contributed by atoms with E-state index in [1.54, 1.807) is 0 Å². The molecule has 0 aromatic heterocycles. The van der Waals surface area contributed by atoms with Crippen molar-refractivity contribution in [3.05, 3.63) is 0 Å². The van der Waals surface area contributed by atoms with Gasteiger partial charge in [0.1, 0.15) is 0 Å². The first-order valence-electron chi connectivity index (χ1n) is 8.38. The number of hydrogen-bond acceptors (Lipinski definition) is 3.